The highest BCUT2D eigenvalue weighted by molar-refractivity contribution is 6.11. The molecule has 3 aromatic carbocycles. The van der Waals surface area contributed by atoms with Crippen molar-refractivity contribution in [1.82, 2.24) is 9.78 Å². The van der Waals surface area contributed by atoms with Crippen molar-refractivity contribution in [3.63, 3.8) is 0 Å². The lowest BCUT2D eigenvalue weighted by atomic mass is 10.1. The van der Waals surface area contributed by atoms with E-state index in [9.17, 15) is 9.59 Å². The Morgan fingerprint density at radius 1 is 0.857 bits per heavy atom. The summed E-state index contributed by atoms with van der Waals surface area (Å²) in [5.74, 6) is 0.165. The number of carbonyl (C=O) groups is 2. The van der Waals surface area contributed by atoms with E-state index in [0.717, 1.165) is 22.4 Å². The molecule has 2 amide bonds. The maximum absolute atomic E-state index is 12.9. The van der Waals surface area contributed by atoms with Crippen molar-refractivity contribution in [3.8, 4) is 5.75 Å². The minimum atomic E-state index is -0.391. The highest BCUT2D eigenvalue weighted by atomic mass is 16.5. The molecule has 178 valence electrons. The van der Waals surface area contributed by atoms with Gasteiger partial charge in [-0.25, -0.2) is 0 Å². The number of nitrogens with zero attached hydrogens (tertiary/aromatic N) is 2. The largest absolute Gasteiger partial charge is 0.488 e. The number of hydrogen-bond donors (Lipinski definition) is 2. The zero-order valence-corrected chi connectivity index (χ0v) is 20.0. The van der Waals surface area contributed by atoms with Gasteiger partial charge in [0.1, 0.15) is 12.4 Å². The van der Waals surface area contributed by atoms with Gasteiger partial charge in [0.05, 0.1) is 5.69 Å². The molecule has 0 saturated carbocycles. The van der Waals surface area contributed by atoms with E-state index in [4.69, 9.17) is 4.74 Å². The molecule has 0 aliphatic rings. The fourth-order valence-corrected chi connectivity index (χ4v) is 3.68. The van der Waals surface area contributed by atoms with Gasteiger partial charge in [0.15, 0.2) is 5.69 Å². The number of aromatic nitrogens is 2. The van der Waals surface area contributed by atoms with E-state index < -0.39 is 5.91 Å². The van der Waals surface area contributed by atoms with Crippen LogP contribution in [-0.4, -0.2) is 21.6 Å². The van der Waals surface area contributed by atoms with E-state index in [2.05, 4.69) is 15.7 Å². The fraction of sp³-hybridized carbons (Fsp3) is 0.179. The molecule has 7 heteroatoms. The normalized spacial score (nSPS) is 10.6. The summed E-state index contributed by atoms with van der Waals surface area (Å²) in [7, 11) is 0. The molecule has 4 rings (SSSR count). The van der Waals surface area contributed by atoms with Crippen LogP contribution in [-0.2, 0) is 13.2 Å². The summed E-state index contributed by atoms with van der Waals surface area (Å²) in [4.78, 5) is 25.7. The van der Waals surface area contributed by atoms with Gasteiger partial charge in [0, 0.05) is 24.0 Å². The highest BCUT2D eigenvalue weighted by Crippen LogP contribution is 2.24. The number of aryl methyl sites for hydroxylation is 3. The molecule has 35 heavy (non-hydrogen) atoms. The Morgan fingerprint density at radius 2 is 1.54 bits per heavy atom. The molecule has 0 spiro atoms. The molecule has 0 unspecified atom stereocenters. The van der Waals surface area contributed by atoms with Gasteiger partial charge in [-0.2, -0.15) is 5.10 Å². The van der Waals surface area contributed by atoms with Gasteiger partial charge in [-0.3, -0.25) is 14.3 Å². The van der Waals surface area contributed by atoms with E-state index in [-0.39, 0.29) is 11.6 Å². The molecular weight excluding hydrogens is 440 g/mol. The molecule has 0 bridgehead atoms. The van der Waals surface area contributed by atoms with Crippen LogP contribution in [0.3, 0.4) is 0 Å². The van der Waals surface area contributed by atoms with E-state index in [1.807, 2.05) is 69.3 Å². The highest BCUT2D eigenvalue weighted by Gasteiger charge is 2.19. The molecule has 1 aromatic heterocycles. The minimum absolute atomic E-state index is 0.155. The van der Waals surface area contributed by atoms with Crippen molar-refractivity contribution in [1.29, 1.82) is 0 Å². The maximum atomic E-state index is 12.9. The average molecular weight is 469 g/mol. The first-order chi connectivity index (χ1) is 16.9. The summed E-state index contributed by atoms with van der Waals surface area (Å²) in [6.07, 6.45) is 1.66. The molecule has 7 nitrogen and oxygen atoms in total. The van der Waals surface area contributed by atoms with Gasteiger partial charge >= 0.3 is 0 Å². The number of rotatable bonds is 8. The van der Waals surface area contributed by atoms with Crippen molar-refractivity contribution in [2.24, 2.45) is 0 Å². The van der Waals surface area contributed by atoms with Crippen LogP contribution in [0.5, 0.6) is 5.75 Å². The summed E-state index contributed by atoms with van der Waals surface area (Å²) in [6, 6.07) is 22.4. The first-order valence-electron chi connectivity index (χ1n) is 11.5. The van der Waals surface area contributed by atoms with Crippen LogP contribution in [0, 0.1) is 13.8 Å². The van der Waals surface area contributed by atoms with Crippen LogP contribution in [0.2, 0.25) is 0 Å². The first-order valence-corrected chi connectivity index (χ1v) is 11.5. The second-order valence-electron chi connectivity index (χ2n) is 8.23. The fourth-order valence-electron chi connectivity index (χ4n) is 3.68. The molecule has 0 aliphatic heterocycles. The molecule has 0 atom stereocenters. The van der Waals surface area contributed by atoms with E-state index in [1.54, 1.807) is 35.1 Å². The SMILES string of the molecule is CCn1cc(NC(=O)c2ccc(COc3c(C)cccc3C)cc2)c(C(=O)Nc2ccccc2)n1. The predicted molar refractivity (Wildman–Crippen MR) is 137 cm³/mol. The standard InChI is InChI=1S/C28H28N4O3/c1-4-32-17-24(25(31-32)28(34)29-23-11-6-5-7-12-23)30-27(33)22-15-13-21(14-16-22)18-35-26-19(2)9-8-10-20(26)3/h5-17H,4,18H2,1-3H3,(H,29,34)(H,30,33). The second-order valence-corrected chi connectivity index (χ2v) is 8.23. The Morgan fingerprint density at radius 3 is 2.20 bits per heavy atom. The summed E-state index contributed by atoms with van der Waals surface area (Å²) in [5.41, 5.74) is 4.75. The Balaban J connectivity index is 1.44. The van der Waals surface area contributed by atoms with Crippen LogP contribution in [0.15, 0.2) is 79.0 Å². The number of anilines is 2. The Labute approximate surface area is 204 Å². The molecule has 0 radical (unpaired) electrons. The Hall–Kier alpha value is -4.39. The lowest BCUT2D eigenvalue weighted by Gasteiger charge is -2.12. The quantitative estimate of drug-likeness (QED) is 0.352. The molecule has 4 aromatic rings. The molecule has 0 saturated heterocycles. The van der Waals surface area contributed by atoms with Crippen molar-refractivity contribution in [2.45, 2.75) is 33.9 Å². The third-order valence-electron chi connectivity index (χ3n) is 5.59. The van der Waals surface area contributed by atoms with Gasteiger partial charge in [0.2, 0.25) is 0 Å². The Kier molecular flexibility index (Phi) is 7.26. The van der Waals surface area contributed by atoms with E-state index in [0.29, 0.717) is 30.1 Å². The van der Waals surface area contributed by atoms with Crippen molar-refractivity contribution in [2.75, 3.05) is 10.6 Å². The van der Waals surface area contributed by atoms with E-state index >= 15 is 0 Å². The van der Waals surface area contributed by atoms with Crippen molar-refractivity contribution in [3.05, 3.63) is 107 Å². The van der Waals surface area contributed by atoms with Crippen molar-refractivity contribution >= 4 is 23.2 Å². The molecule has 1 heterocycles. The average Bonchev–Trinajstić information content (AvgIpc) is 3.28. The number of hydrogen-bond acceptors (Lipinski definition) is 4. The lowest BCUT2D eigenvalue weighted by molar-refractivity contribution is 0.102. The second kappa shape index (κ2) is 10.7. The number of amides is 2. The van der Waals surface area contributed by atoms with Gasteiger partial charge in [-0.1, -0.05) is 48.5 Å². The van der Waals surface area contributed by atoms with Crippen LogP contribution >= 0.6 is 0 Å². The third-order valence-corrected chi connectivity index (χ3v) is 5.59. The van der Waals surface area contributed by atoms with E-state index in [1.165, 1.54) is 0 Å². The van der Waals surface area contributed by atoms with Crippen LogP contribution in [0.4, 0.5) is 11.4 Å². The molecule has 0 fully saturated rings. The zero-order valence-electron chi connectivity index (χ0n) is 20.0. The summed E-state index contributed by atoms with van der Waals surface area (Å²) < 4.78 is 7.61. The van der Waals surface area contributed by atoms with Gasteiger partial charge in [-0.05, 0) is 61.7 Å². The first kappa shape index (κ1) is 23.8. The van der Waals surface area contributed by atoms with Gasteiger partial charge < -0.3 is 15.4 Å². The number of carbonyl (C=O) groups excluding carboxylic acids is 2. The minimum Gasteiger partial charge on any atom is -0.488 e. The zero-order chi connectivity index (χ0) is 24.8. The van der Waals surface area contributed by atoms with Crippen LogP contribution < -0.4 is 15.4 Å². The number of nitrogens with one attached hydrogen (secondary N) is 2. The Bertz CT molecular complexity index is 1310. The summed E-state index contributed by atoms with van der Waals surface area (Å²) >= 11 is 0. The predicted octanol–water partition coefficient (Wildman–Crippen LogP) is 5.60. The molecule has 0 aliphatic carbocycles. The molecular formula is C28H28N4O3. The number of ether oxygens (including phenoxy) is 1. The third kappa shape index (κ3) is 5.76. The maximum Gasteiger partial charge on any atom is 0.278 e. The van der Waals surface area contributed by atoms with Gasteiger partial charge in [-0.15, -0.1) is 0 Å². The smallest absolute Gasteiger partial charge is 0.278 e. The monoisotopic (exact) mass is 468 g/mol. The number of para-hydroxylation sites is 2. The molecule has 2 N–H and O–H groups in total. The number of benzene rings is 3. The van der Waals surface area contributed by atoms with Crippen molar-refractivity contribution < 1.29 is 14.3 Å². The lowest BCUT2D eigenvalue weighted by Crippen LogP contribution is -2.18. The van der Waals surface area contributed by atoms with Crippen LogP contribution in [0.25, 0.3) is 0 Å². The van der Waals surface area contributed by atoms with Crippen LogP contribution in [0.1, 0.15) is 44.5 Å². The topological polar surface area (TPSA) is 85.2 Å². The summed E-state index contributed by atoms with van der Waals surface area (Å²) in [5, 5.41) is 9.96. The summed E-state index contributed by atoms with van der Waals surface area (Å²) in [6.45, 7) is 6.92. The van der Waals surface area contributed by atoms with Gasteiger partial charge in [0.25, 0.3) is 11.8 Å².